The van der Waals surface area contributed by atoms with Crippen LogP contribution in [0.4, 0.5) is 5.82 Å². The van der Waals surface area contributed by atoms with Crippen LogP contribution in [0.15, 0.2) is 16.7 Å². The first kappa shape index (κ1) is 13.8. The van der Waals surface area contributed by atoms with Crippen LogP contribution in [-0.2, 0) is 0 Å². The summed E-state index contributed by atoms with van der Waals surface area (Å²) in [6, 6.07) is 2.69. The molecule has 1 aliphatic heterocycles. The highest BCUT2D eigenvalue weighted by molar-refractivity contribution is 9.10. The van der Waals surface area contributed by atoms with Crippen LogP contribution in [0.25, 0.3) is 0 Å². The number of likely N-dealkylation sites (tertiary alicyclic amines) is 1. The van der Waals surface area contributed by atoms with E-state index >= 15 is 0 Å². The molecular formula is C14H22BrN3. The van der Waals surface area contributed by atoms with Gasteiger partial charge < -0.3 is 10.2 Å². The fourth-order valence-corrected chi connectivity index (χ4v) is 2.95. The summed E-state index contributed by atoms with van der Waals surface area (Å²) in [5, 5.41) is 3.58. The largest absolute Gasteiger partial charge is 0.367 e. The summed E-state index contributed by atoms with van der Waals surface area (Å²) in [5.74, 6) is 1.03. The summed E-state index contributed by atoms with van der Waals surface area (Å²) in [6.45, 7) is 8.01. The van der Waals surface area contributed by atoms with E-state index in [9.17, 15) is 0 Å². The number of nitrogens with one attached hydrogen (secondary N) is 1. The number of anilines is 1. The van der Waals surface area contributed by atoms with Gasteiger partial charge in [0.05, 0.1) is 0 Å². The molecule has 0 aromatic carbocycles. The van der Waals surface area contributed by atoms with Crippen molar-refractivity contribution in [2.75, 3.05) is 25.0 Å². The van der Waals surface area contributed by atoms with Gasteiger partial charge in [-0.2, -0.15) is 0 Å². The van der Waals surface area contributed by atoms with Gasteiger partial charge in [0.1, 0.15) is 5.82 Å². The number of nitrogens with zero attached hydrogens (tertiary/aromatic N) is 2. The summed E-state index contributed by atoms with van der Waals surface area (Å²) >= 11 is 3.45. The van der Waals surface area contributed by atoms with E-state index in [4.69, 9.17) is 0 Å². The first-order chi connectivity index (χ1) is 8.69. The predicted molar refractivity (Wildman–Crippen MR) is 80.0 cm³/mol. The molecule has 4 heteroatoms. The van der Waals surface area contributed by atoms with E-state index in [1.165, 1.54) is 44.5 Å². The molecule has 0 atom stereocenters. The van der Waals surface area contributed by atoms with Gasteiger partial charge in [-0.3, -0.25) is 0 Å². The normalized spacial score (nSPS) is 17.9. The van der Waals surface area contributed by atoms with Crippen molar-refractivity contribution in [3.05, 3.63) is 22.3 Å². The van der Waals surface area contributed by atoms with E-state index in [-0.39, 0.29) is 0 Å². The topological polar surface area (TPSA) is 28.2 Å². The molecule has 1 N–H and O–H groups in total. The maximum Gasteiger partial charge on any atom is 0.129 e. The molecule has 0 radical (unpaired) electrons. The lowest BCUT2D eigenvalue weighted by Gasteiger charge is -2.32. The third-order valence-corrected chi connectivity index (χ3v) is 3.95. The van der Waals surface area contributed by atoms with Gasteiger partial charge in [-0.1, -0.05) is 6.92 Å². The van der Waals surface area contributed by atoms with Gasteiger partial charge >= 0.3 is 0 Å². The third kappa shape index (κ3) is 3.69. The van der Waals surface area contributed by atoms with Gasteiger partial charge in [-0.05, 0) is 60.3 Å². The Morgan fingerprint density at radius 1 is 1.44 bits per heavy atom. The van der Waals surface area contributed by atoms with Crippen LogP contribution in [0.2, 0.25) is 0 Å². The zero-order valence-electron chi connectivity index (χ0n) is 11.2. The maximum atomic E-state index is 4.46. The number of halogens is 1. The van der Waals surface area contributed by atoms with E-state index in [0.29, 0.717) is 6.04 Å². The molecule has 0 saturated carbocycles. The molecule has 0 bridgehead atoms. The van der Waals surface area contributed by atoms with Gasteiger partial charge in [0.15, 0.2) is 0 Å². The van der Waals surface area contributed by atoms with Gasteiger partial charge in [-0.15, -0.1) is 0 Å². The standard InChI is InChI=1S/C14H22BrN3/c1-3-6-18-7-4-13(5-8-18)17-14-11(2)9-12(15)10-16-14/h9-10,13H,3-8H2,1-2H3,(H,16,17). The molecule has 100 valence electrons. The summed E-state index contributed by atoms with van der Waals surface area (Å²) in [7, 11) is 0. The minimum absolute atomic E-state index is 0.575. The summed E-state index contributed by atoms with van der Waals surface area (Å²) in [6.07, 6.45) is 5.56. The van der Waals surface area contributed by atoms with Crippen LogP contribution in [0.1, 0.15) is 31.7 Å². The van der Waals surface area contributed by atoms with Crippen LogP contribution >= 0.6 is 15.9 Å². The minimum Gasteiger partial charge on any atom is -0.367 e. The Bertz CT molecular complexity index is 387. The van der Waals surface area contributed by atoms with Crippen molar-refractivity contribution >= 4 is 21.7 Å². The van der Waals surface area contributed by atoms with Crippen LogP contribution in [0.3, 0.4) is 0 Å². The lowest BCUT2D eigenvalue weighted by molar-refractivity contribution is 0.219. The van der Waals surface area contributed by atoms with E-state index in [1.54, 1.807) is 0 Å². The van der Waals surface area contributed by atoms with Crippen molar-refractivity contribution in [3.8, 4) is 0 Å². The molecule has 1 aromatic heterocycles. The zero-order chi connectivity index (χ0) is 13.0. The summed E-state index contributed by atoms with van der Waals surface area (Å²) in [4.78, 5) is 7.01. The maximum absolute atomic E-state index is 4.46. The predicted octanol–water partition coefficient (Wildman–Crippen LogP) is 3.44. The van der Waals surface area contributed by atoms with E-state index < -0.39 is 0 Å². The minimum atomic E-state index is 0.575. The van der Waals surface area contributed by atoms with Gasteiger partial charge in [0, 0.05) is 29.8 Å². The van der Waals surface area contributed by atoms with E-state index in [1.807, 2.05) is 6.20 Å². The third-order valence-electron chi connectivity index (χ3n) is 3.51. The Kier molecular flexibility index (Phi) is 5.01. The quantitative estimate of drug-likeness (QED) is 0.923. The van der Waals surface area contributed by atoms with Crippen molar-refractivity contribution in [1.29, 1.82) is 0 Å². The number of aryl methyl sites for hydroxylation is 1. The second-order valence-electron chi connectivity index (χ2n) is 5.08. The molecular weight excluding hydrogens is 290 g/mol. The first-order valence-corrected chi connectivity index (χ1v) is 7.59. The van der Waals surface area contributed by atoms with Crippen LogP contribution in [0.5, 0.6) is 0 Å². The van der Waals surface area contributed by atoms with Crippen LogP contribution in [-0.4, -0.2) is 35.6 Å². The molecule has 1 fully saturated rings. The first-order valence-electron chi connectivity index (χ1n) is 6.80. The molecule has 3 nitrogen and oxygen atoms in total. The highest BCUT2D eigenvalue weighted by Gasteiger charge is 2.19. The van der Waals surface area contributed by atoms with E-state index in [0.717, 1.165) is 10.3 Å². The van der Waals surface area contributed by atoms with Gasteiger partial charge in [0.2, 0.25) is 0 Å². The van der Waals surface area contributed by atoms with Gasteiger partial charge in [0.25, 0.3) is 0 Å². The SMILES string of the molecule is CCCN1CCC(Nc2ncc(Br)cc2C)CC1. The average molecular weight is 312 g/mol. The lowest BCUT2D eigenvalue weighted by Crippen LogP contribution is -2.39. The fourth-order valence-electron chi connectivity index (χ4n) is 2.50. The molecule has 2 heterocycles. The second kappa shape index (κ2) is 6.53. The molecule has 0 unspecified atom stereocenters. The molecule has 1 saturated heterocycles. The summed E-state index contributed by atoms with van der Waals surface area (Å²) < 4.78 is 1.04. The molecule has 1 aliphatic rings. The van der Waals surface area contributed by atoms with Crippen molar-refractivity contribution in [2.45, 2.75) is 39.2 Å². The highest BCUT2D eigenvalue weighted by atomic mass is 79.9. The molecule has 0 aliphatic carbocycles. The summed E-state index contributed by atoms with van der Waals surface area (Å²) in [5.41, 5.74) is 1.21. The average Bonchev–Trinajstić information content (AvgIpc) is 2.35. The number of hydrogen-bond acceptors (Lipinski definition) is 3. The monoisotopic (exact) mass is 311 g/mol. The van der Waals surface area contributed by atoms with Crippen molar-refractivity contribution in [2.24, 2.45) is 0 Å². The fraction of sp³-hybridized carbons (Fsp3) is 0.643. The second-order valence-corrected chi connectivity index (χ2v) is 5.99. The number of pyridine rings is 1. The van der Waals surface area contributed by atoms with Crippen LogP contribution < -0.4 is 5.32 Å². The van der Waals surface area contributed by atoms with Gasteiger partial charge in [-0.25, -0.2) is 4.98 Å². The number of hydrogen-bond donors (Lipinski definition) is 1. The Hall–Kier alpha value is -0.610. The van der Waals surface area contributed by atoms with Crippen molar-refractivity contribution < 1.29 is 0 Å². The van der Waals surface area contributed by atoms with E-state index in [2.05, 4.69) is 51.0 Å². The molecule has 18 heavy (non-hydrogen) atoms. The Balaban J connectivity index is 1.87. The number of rotatable bonds is 4. The lowest BCUT2D eigenvalue weighted by atomic mass is 10.0. The Morgan fingerprint density at radius 3 is 2.78 bits per heavy atom. The number of piperidine rings is 1. The Morgan fingerprint density at radius 2 is 2.17 bits per heavy atom. The van der Waals surface area contributed by atoms with Crippen molar-refractivity contribution in [3.63, 3.8) is 0 Å². The highest BCUT2D eigenvalue weighted by Crippen LogP contribution is 2.20. The molecule has 1 aromatic rings. The van der Waals surface area contributed by atoms with Crippen LogP contribution in [0, 0.1) is 6.92 Å². The number of aromatic nitrogens is 1. The molecule has 2 rings (SSSR count). The van der Waals surface area contributed by atoms with Crippen molar-refractivity contribution in [1.82, 2.24) is 9.88 Å². The molecule has 0 amide bonds. The Labute approximate surface area is 118 Å². The smallest absolute Gasteiger partial charge is 0.129 e. The molecule has 0 spiro atoms. The zero-order valence-corrected chi connectivity index (χ0v) is 12.8.